The summed E-state index contributed by atoms with van der Waals surface area (Å²) >= 11 is 0. The van der Waals surface area contributed by atoms with Gasteiger partial charge < -0.3 is 5.11 Å². The monoisotopic (exact) mass is 366 g/mol. The zero-order valence-corrected chi connectivity index (χ0v) is 15.4. The van der Waals surface area contributed by atoms with Crippen molar-refractivity contribution in [2.45, 2.75) is 13.5 Å². The standard InChI is InChI=1S/C23H18N4O/c1-15-25-26-23-20-13-19(17-5-3-2-4-6-17)22(24-21(20)11-12-27(15)23)18-9-7-16(14-28)8-10-18/h2-13,28H,14H2,1H3. The molecule has 0 amide bonds. The lowest BCUT2D eigenvalue weighted by molar-refractivity contribution is 0.282. The third-order valence-electron chi connectivity index (χ3n) is 5.04. The maximum atomic E-state index is 9.34. The number of rotatable bonds is 3. The van der Waals surface area contributed by atoms with E-state index in [1.165, 1.54) is 0 Å². The average Bonchev–Trinajstić information content (AvgIpc) is 3.14. The van der Waals surface area contributed by atoms with E-state index in [0.717, 1.165) is 50.3 Å². The summed E-state index contributed by atoms with van der Waals surface area (Å²) in [5, 5.41) is 18.9. The quantitative estimate of drug-likeness (QED) is 0.514. The van der Waals surface area contributed by atoms with Gasteiger partial charge in [-0.1, -0.05) is 54.6 Å². The lowest BCUT2D eigenvalue weighted by Gasteiger charge is -2.12. The van der Waals surface area contributed by atoms with Crippen molar-refractivity contribution in [3.63, 3.8) is 0 Å². The zero-order valence-electron chi connectivity index (χ0n) is 15.4. The van der Waals surface area contributed by atoms with E-state index in [2.05, 4.69) is 28.4 Å². The van der Waals surface area contributed by atoms with E-state index in [1.807, 2.05) is 66.1 Å². The summed E-state index contributed by atoms with van der Waals surface area (Å²) in [6.07, 6.45) is 1.96. The summed E-state index contributed by atoms with van der Waals surface area (Å²) in [6.45, 7) is 1.97. The van der Waals surface area contributed by atoms with E-state index in [-0.39, 0.29) is 6.61 Å². The molecule has 2 aromatic carbocycles. The molecule has 0 fully saturated rings. The molecule has 0 aliphatic carbocycles. The molecule has 28 heavy (non-hydrogen) atoms. The van der Waals surface area contributed by atoms with Crippen LogP contribution < -0.4 is 0 Å². The first-order chi connectivity index (χ1) is 13.7. The van der Waals surface area contributed by atoms with Crippen LogP contribution in [0.15, 0.2) is 72.9 Å². The van der Waals surface area contributed by atoms with E-state index >= 15 is 0 Å². The molecule has 0 radical (unpaired) electrons. The third kappa shape index (κ3) is 2.64. The number of hydrogen-bond acceptors (Lipinski definition) is 4. The molecule has 0 saturated heterocycles. The van der Waals surface area contributed by atoms with Crippen molar-refractivity contribution in [3.05, 3.63) is 84.3 Å². The summed E-state index contributed by atoms with van der Waals surface area (Å²) in [7, 11) is 0. The summed E-state index contributed by atoms with van der Waals surface area (Å²) in [5.41, 5.74) is 6.61. The predicted molar refractivity (Wildman–Crippen MR) is 110 cm³/mol. The molecule has 0 atom stereocenters. The van der Waals surface area contributed by atoms with Gasteiger partial charge in [0.05, 0.1) is 17.8 Å². The van der Waals surface area contributed by atoms with Crippen molar-refractivity contribution in [1.82, 2.24) is 19.6 Å². The normalized spacial score (nSPS) is 11.4. The van der Waals surface area contributed by atoms with Crippen molar-refractivity contribution in [2.75, 3.05) is 0 Å². The second kappa shape index (κ2) is 6.55. The fraction of sp³-hybridized carbons (Fsp3) is 0.0870. The van der Waals surface area contributed by atoms with Crippen molar-refractivity contribution >= 4 is 16.6 Å². The Morgan fingerprint density at radius 1 is 0.893 bits per heavy atom. The average molecular weight is 366 g/mol. The minimum atomic E-state index is 0.0290. The van der Waals surface area contributed by atoms with Crippen molar-refractivity contribution < 1.29 is 5.11 Å². The maximum absolute atomic E-state index is 9.34. The number of nitrogens with zero attached hydrogens (tertiary/aromatic N) is 4. The Labute approximate surface area is 161 Å². The Hall–Kier alpha value is -3.57. The number of aryl methyl sites for hydroxylation is 1. The molecule has 136 valence electrons. The second-order valence-electron chi connectivity index (χ2n) is 6.79. The number of pyridine rings is 2. The van der Waals surface area contributed by atoms with Crippen LogP contribution in [0.5, 0.6) is 0 Å². The molecule has 0 saturated carbocycles. The van der Waals surface area contributed by atoms with Gasteiger partial charge in [0.2, 0.25) is 0 Å². The Morgan fingerprint density at radius 3 is 2.43 bits per heavy atom. The second-order valence-corrected chi connectivity index (χ2v) is 6.79. The van der Waals surface area contributed by atoms with Crippen LogP contribution in [0.1, 0.15) is 11.4 Å². The lowest BCUT2D eigenvalue weighted by Crippen LogP contribution is -1.95. The first kappa shape index (κ1) is 16.6. The minimum Gasteiger partial charge on any atom is -0.392 e. The van der Waals surface area contributed by atoms with Crippen LogP contribution in [0.25, 0.3) is 38.9 Å². The minimum absolute atomic E-state index is 0.0290. The molecular weight excluding hydrogens is 348 g/mol. The van der Waals surface area contributed by atoms with Crippen LogP contribution in [0.4, 0.5) is 0 Å². The third-order valence-corrected chi connectivity index (χ3v) is 5.04. The van der Waals surface area contributed by atoms with Crippen LogP contribution in [-0.2, 0) is 6.61 Å². The highest BCUT2D eigenvalue weighted by Gasteiger charge is 2.14. The van der Waals surface area contributed by atoms with Gasteiger partial charge >= 0.3 is 0 Å². The van der Waals surface area contributed by atoms with E-state index in [9.17, 15) is 5.11 Å². The van der Waals surface area contributed by atoms with Crippen molar-refractivity contribution in [1.29, 1.82) is 0 Å². The highest BCUT2D eigenvalue weighted by atomic mass is 16.3. The number of hydrogen-bond donors (Lipinski definition) is 1. The van der Waals surface area contributed by atoms with Gasteiger partial charge in [-0.2, -0.15) is 0 Å². The molecule has 5 rings (SSSR count). The fourth-order valence-electron chi connectivity index (χ4n) is 3.54. The SMILES string of the molecule is Cc1nnc2c3cc(-c4ccccc4)c(-c4ccc(CO)cc4)nc3ccn12. The summed E-state index contributed by atoms with van der Waals surface area (Å²) in [4.78, 5) is 4.99. The Balaban J connectivity index is 1.83. The van der Waals surface area contributed by atoms with Gasteiger partial charge in [0.25, 0.3) is 0 Å². The van der Waals surface area contributed by atoms with Gasteiger partial charge in [0, 0.05) is 22.7 Å². The fourth-order valence-corrected chi connectivity index (χ4v) is 3.54. The summed E-state index contributed by atoms with van der Waals surface area (Å²) in [6, 6.07) is 22.3. The van der Waals surface area contributed by atoms with Gasteiger partial charge in [-0.25, -0.2) is 4.98 Å². The molecule has 3 aromatic heterocycles. The van der Waals surface area contributed by atoms with Gasteiger partial charge in [0.1, 0.15) is 5.82 Å². The number of fused-ring (bicyclic) bond motifs is 3. The van der Waals surface area contributed by atoms with Crippen molar-refractivity contribution in [3.8, 4) is 22.4 Å². The lowest BCUT2D eigenvalue weighted by atomic mass is 9.97. The van der Waals surface area contributed by atoms with E-state index in [1.54, 1.807) is 0 Å². The molecule has 0 aliphatic heterocycles. The van der Waals surface area contributed by atoms with Crippen molar-refractivity contribution in [2.24, 2.45) is 0 Å². The molecule has 0 aliphatic rings. The molecule has 0 unspecified atom stereocenters. The largest absolute Gasteiger partial charge is 0.392 e. The van der Waals surface area contributed by atoms with Gasteiger partial charge in [-0.15, -0.1) is 10.2 Å². The topological polar surface area (TPSA) is 63.3 Å². The van der Waals surface area contributed by atoms with Gasteiger partial charge in [-0.3, -0.25) is 4.40 Å². The number of aliphatic hydroxyl groups is 1. The smallest absolute Gasteiger partial charge is 0.170 e. The van der Waals surface area contributed by atoms with Crippen LogP contribution in [0.3, 0.4) is 0 Å². The number of aromatic nitrogens is 4. The van der Waals surface area contributed by atoms with E-state index in [0.29, 0.717) is 0 Å². The number of aliphatic hydroxyl groups excluding tert-OH is 1. The van der Waals surface area contributed by atoms with Gasteiger partial charge in [-0.05, 0) is 30.2 Å². The van der Waals surface area contributed by atoms with Crippen LogP contribution in [-0.4, -0.2) is 24.7 Å². The molecule has 5 nitrogen and oxygen atoms in total. The first-order valence-corrected chi connectivity index (χ1v) is 9.15. The zero-order chi connectivity index (χ0) is 19.1. The molecular formula is C23H18N4O. The van der Waals surface area contributed by atoms with Crippen LogP contribution >= 0.6 is 0 Å². The Kier molecular flexibility index (Phi) is 3.88. The van der Waals surface area contributed by atoms with Crippen LogP contribution in [0, 0.1) is 6.92 Å². The van der Waals surface area contributed by atoms with E-state index in [4.69, 9.17) is 4.98 Å². The molecule has 1 N–H and O–H groups in total. The molecule has 5 heteroatoms. The molecule has 5 aromatic rings. The summed E-state index contributed by atoms with van der Waals surface area (Å²) < 4.78 is 1.98. The van der Waals surface area contributed by atoms with Crippen LogP contribution in [0.2, 0.25) is 0 Å². The number of benzene rings is 2. The summed E-state index contributed by atoms with van der Waals surface area (Å²) in [5.74, 6) is 0.849. The van der Waals surface area contributed by atoms with Gasteiger partial charge in [0.15, 0.2) is 5.65 Å². The Morgan fingerprint density at radius 2 is 1.68 bits per heavy atom. The molecule has 3 heterocycles. The highest BCUT2D eigenvalue weighted by molar-refractivity contribution is 5.98. The van der Waals surface area contributed by atoms with E-state index < -0.39 is 0 Å². The predicted octanol–water partition coefficient (Wildman–Crippen LogP) is 4.41. The maximum Gasteiger partial charge on any atom is 0.170 e. The first-order valence-electron chi connectivity index (χ1n) is 9.15. The Bertz CT molecular complexity index is 1290. The molecule has 0 spiro atoms. The molecule has 0 bridgehead atoms. The highest BCUT2D eigenvalue weighted by Crippen LogP contribution is 2.34.